The van der Waals surface area contributed by atoms with Crippen LogP contribution in [0.1, 0.15) is 15.9 Å². The molecule has 0 radical (unpaired) electrons. The van der Waals surface area contributed by atoms with E-state index in [2.05, 4.69) is 4.98 Å². The van der Waals surface area contributed by atoms with Gasteiger partial charge in [-0.1, -0.05) is 0 Å². The molecule has 1 aliphatic heterocycles. The van der Waals surface area contributed by atoms with E-state index in [1.54, 1.807) is 12.3 Å². The molecule has 7 heteroatoms. The Balaban J connectivity index is 2.13. The van der Waals surface area contributed by atoms with Gasteiger partial charge in [0.15, 0.2) is 0 Å². The fourth-order valence-electron chi connectivity index (χ4n) is 2.40. The zero-order chi connectivity index (χ0) is 14.7. The van der Waals surface area contributed by atoms with Crippen molar-refractivity contribution in [2.24, 2.45) is 5.73 Å². The molecule has 0 aliphatic carbocycles. The molecule has 3 N–H and O–H groups in total. The van der Waals surface area contributed by atoms with Crippen LogP contribution >= 0.6 is 0 Å². The summed E-state index contributed by atoms with van der Waals surface area (Å²) in [5.74, 6) is -0.726. The smallest absolute Gasteiger partial charge is 0.317 e. The number of aliphatic carboxylic acids is 1. The predicted octanol–water partition coefficient (Wildman–Crippen LogP) is -0.304. The Kier molecular flexibility index (Phi) is 4.19. The molecular weight excluding hydrogens is 260 g/mol. The van der Waals surface area contributed by atoms with E-state index in [0.717, 1.165) is 5.56 Å². The molecule has 7 nitrogen and oxygen atoms in total. The molecule has 0 aromatic carbocycles. The number of hydrogen-bond donors (Lipinski definition) is 2. The Bertz CT molecular complexity index is 524. The molecule has 2 rings (SSSR count). The Labute approximate surface area is 117 Å². The first-order chi connectivity index (χ1) is 9.49. The second-order valence-electron chi connectivity index (χ2n) is 4.85. The number of aromatic nitrogens is 1. The summed E-state index contributed by atoms with van der Waals surface area (Å²) >= 11 is 0. The predicted molar refractivity (Wildman–Crippen MR) is 73.8 cm³/mol. The Morgan fingerprint density at radius 1 is 1.35 bits per heavy atom. The lowest BCUT2D eigenvalue weighted by atomic mass is 10.1. The lowest BCUT2D eigenvalue weighted by Crippen LogP contribution is -2.48. The first kappa shape index (κ1) is 14.3. The van der Waals surface area contributed by atoms with Crippen LogP contribution in [0.4, 0.5) is 5.82 Å². The van der Waals surface area contributed by atoms with Crippen molar-refractivity contribution in [3.63, 3.8) is 0 Å². The second kappa shape index (κ2) is 5.87. The van der Waals surface area contributed by atoms with Gasteiger partial charge >= 0.3 is 5.97 Å². The van der Waals surface area contributed by atoms with Gasteiger partial charge in [0.25, 0.3) is 5.91 Å². The number of anilines is 1. The summed E-state index contributed by atoms with van der Waals surface area (Å²) in [6, 6.07) is 1.75. The van der Waals surface area contributed by atoms with Gasteiger partial charge in [-0.05, 0) is 18.6 Å². The first-order valence-corrected chi connectivity index (χ1v) is 6.43. The Morgan fingerprint density at radius 2 is 2.00 bits per heavy atom. The van der Waals surface area contributed by atoms with Crippen molar-refractivity contribution in [2.75, 3.05) is 37.6 Å². The minimum Gasteiger partial charge on any atom is -0.480 e. The Morgan fingerprint density at radius 3 is 2.55 bits per heavy atom. The topological polar surface area (TPSA) is 99.8 Å². The van der Waals surface area contributed by atoms with Gasteiger partial charge in [-0.25, -0.2) is 4.98 Å². The van der Waals surface area contributed by atoms with Gasteiger partial charge in [-0.2, -0.15) is 0 Å². The minimum absolute atomic E-state index is 0.0394. The van der Waals surface area contributed by atoms with Gasteiger partial charge < -0.3 is 15.7 Å². The van der Waals surface area contributed by atoms with Crippen molar-refractivity contribution in [1.82, 2.24) is 9.88 Å². The number of piperazine rings is 1. The maximum absolute atomic E-state index is 11.6. The third-order valence-electron chi connectivity index (χ3n) is 3.42. The highest BCUT2D eigenvalue weighted by molar-refractivity contribution is 5.99. The van der Waals surface area contributed by atoms with Crippen molar-refractivity contribution in [2.45, 2.75) is 6.92 Å². The highest BCUT2D eigenvalue weighted by Crippen LogP contribution is 2.21. The zero-order valence-corrected chi connectivity index (χ0v) is 11.4. The molecule has 0 saturated carbocycles. The van der Waals surface area contributed by atoms with E-state index in [1.807, 2.05) is 16.7 Å². The zero-order valence-electron chi connectivity index (χ0n) is 11.4. The number of carbonyl (C=O) groups is 2. The monoisotopic (exact) mass is 278 g/mol. The summed E-state index contributed by atoms with van der Waals surface area (Å²) in [5.41, 5.74) is 6.67. The number of hydrogen-bond acceptors (Lipinski definition) is 5. The number of rotatable bonds is 4. The highest BCUT2D eigenvalue weighted by Gasteiger charge is 2.23. The third-order valence-corrected chi connectivity index (χ3v) is 3.42. The molecule has 0 spiro atoms. The van der Waals surface area contributed by atoms with Gasteiger partial charge in [0.2, 0.25) is 0 Å². The first-order valence-electron chi connectivity index (χ1n) is 6.43. The van der Waals surface area contributed by atoms with Gasteiger partial charge in [-0.3, -0.25) is 14.5 Å². The highest BCUT2D eigenvalue weighted by atomic mass is 16.4. The number of carboxylic acids is 1. The van der Waals surface area contributed by atoms with E-state index in [4.69, 9.17) is 10.8 Å². The molecule has 1 saturated heterocycles. The van der Waals surface area contributed by atoms with Crippen LogP contribution < -0.4 is 10.6 Å². The summed E-state index contributed by atoms with van der Waals surface area (Å²) < 4.78 is 0. The molecule has 1 aromatic heterocycles. The number of aryl methyl sites for hydroxylation is 1. The fraction of sp³-hybridized carbons (Fsp3) is 0.462. The molecule has 0 bridgehead atoms. The van der Waals surface area contributed by atoms with Gasteiger partial charge in [-0.15, -0.1) is 0 Å². The second-order valence-corrected chi connectivity index (χ2v) is 4.85. The van der Waals surface area contributed by atoms with Gasteiger partial charge in [0, 0.05) is 32.4 Å². The molecule has 1 aromatic rings. The number of carboxylic acid groups (broad SMARTS) is 1. The van der Waals surface area contributed by atoms with E-state index < -0.39 is 11.9 Å². The fourth-order valence-corrected chi connectivity index (χ4v) is 2.40. The molecule has 1 amide bonds. The van der Waals surface area contributed by atoms with E-state index in [-0.39, 0.29) is 6.54 Å². The molecule has 108 valence electrons. The molecule has 1 aliphatic rings. The Hall–Kier alpha value is -2.15. The van der Waals surface area contributed by atoms with E-state index in [1.165, 1.54) is 0 Å². The largest absolute Gasteiger partial charge is 0.480 e. The van der Waals surface area contributed by atoms with E-state index in [9.17, 15) is 9.59 Å². The van der Waals surface area contributed by atoms with Crippen molar-refractivity contribution in [1.29, 1.82) is 0 Å². The number of pyridine rings is 1. The number of carbonyl (C=O) groups excluding carboxylic acids is 1. The normalized spacial score (nSPS) is 16.1. The summed E-state index contributed by atoms with van der Waals surface area (Å²) in [4.78, 5) is 30.3. The minimum atomic E-state index is -0.829. The molecule has 2 heterocycles. The van der Waals surface area contributed by atoms with E-state index >= 15 is 0 Å². The number of amides is 1. The van der Waals surface area contributed by atoms with Crippen LogP contribution in [-0.4, -0.2) is 59.6 Å². The number of primary amides is 1. The van der Waals surface area contributed by atoms with Crippen molar-refractivity contribution in [3.05, 3.63) is 23.4 Å². The molecule has 0 atom stereocenters. The maximum atomic E-state index is 11.6. The molecular formula is C13H18N4O3. The lowest BCUT2D eigenvalue weighted by molar-refractivity contribution is -0.138. The van der Waals surface area contributed by atoms with Crippen LogP contribution in [0.5, 0.6) is 0 Å². The summed E-state index contributed by atoms with van der Waals surface area (Å²) in [5, 5.41) is 8.77. The average Bonchev–Trinajstić information content (AvgIpc) is 2.38. The van der Waals surface area contributed by atoms with Crippen molar-refractivity contribution >= 4 is 17.7 Å². The third kappa shape index (κ3) is 3.05. The van der Waals surface area contributed by atoms with Gasteiger partial charge in [0.05, 0.1) is 12.1 Å². The standard InChI is InChI=1S/C13H18N4O3/c1-9-2-3-15-13(11(9)12(14)20)17-6-4-16(5-7-17)8-10(18)19/h2-3H,4-8H2,1H3,(H2,14,20)(H,18,19). The van der Waals surface area contributed by atoms with Crippen LogP contribution in [-0.2, 0) is 4.79 Å². The van der Waals surface area contributed by atoms with Crippen molar-refractivity contribution in [3.8, 4) is 0 Å². The maximum Gasteiger partial charge on any atom is 0.317 e. The average molecular weight is 278 g/mol. The summed E-state index contributed by atoms with van der Waals surface area (Å²) in [6.45, 7) is 4.37. The number of nitrogens with zero attached hydrogens (tertiary/aromatic N) is 3. The molecule has 1 fully saturated rings. The molecule has 0 unspecified atom stereocenters. The summed E-state index contributed by atoms with van der Waals surface area (Å²) in [7, 11) is 0. The van der Waals surface area contributed by atoms with Crippen LogP contribution in [0, 0.1) is 6.92 Å². The number of nitrogens with two attached hydrogens (primary N) is 1. The van der Waals surface area contributed by atoms with Crippen LogP contribution in [0.25, 0.3) is 0 Å². The van der Waals surface area contributed by atoms with E-state index in [0.29, 0.717) is 37.6 Å². The molecule has 20 heavy (non-hydrogen) atoms. The van der Waals surface area contributed by atoms with Crippen molar-refractivity contribution < 1.29 is 14.7 Å². The van der Waals surface area contributed by atoms with Gasteiger partial charge in [0.1, 0.15) is 5.82 Å². The van der Waals surface area contributed by atoms with Crippen LogP contribution in [0.3, 0.4) is 0 Å². The van der Waals surface area contributed by atoms with Crippen LogP contribution in [0.15, 0.2) is 12.3 Å². The summed E-state index contributed by atoms with van der Waals surface area (Å²) in [6.07, 6.45) is 1.65. The SMILES string of the molecule is Cc1ccnc(N2CCN(CC(=O)O)CC2)c1C(N)=O. The quantitative estimate of drug-likeness (QED) is 0.784. The lowest BCUT2D eigenvalue weighted by Gasteiger charge is -2.35. The van der Waals surface area contributed by atoms with Crippen LogP contribution in [0.2, 0.25) is 0 Å².